The fourth-order valence-electron chi connectivity index (χ4n) is 9.64. The number of carbonyl (C=O) groups excluding carboxylic acids is 5. The zero-order valence-electron chi connectivity index (χ0n) is 37.8. The Balaban J connectivity index is 0.844. The molecule has 0 aliphatic carbocycles. The van der Waals surface area contributed by atoms with Gasteiger partial charge in [-0.15, -0.1) is 0 Å². The zero-order chi connectivity index (χ0) is 45.8. The molecule has 3 aromatic carbocycles. The Morgan fingerprint density at radius 1 is 0.846 bits per heavy atom. The third-order valence-electron chi connectivity index (χ3n) is 13.3. The molecule has 0 radical (unpaired) electrons. The van der Waals surface area contributed by atoms with Crippen molar-refractivity contribution in [3.63, 3.8) is 0 Å². The number of imide groups is 2. The fourth-order valence-corrected chi connectivity index (χ4v) is 9.64. The summed E-state index contributed by atoms with van der Waals surface area (Å²) in [6.07, 6.45) is 3.90. The minimum Gasteiger partial charge on any atom is -0.494 e. The highest BCUT2D eigenvalue weighted by atomic mass is 16.5. The third kappa shape index (κ3) is 9.86. The van der Waals surface area contributed by atoms with Gasteiger partial charge in [-0.05, 0) is 137 Å². The number of H-pyrrole nitrogens is 1. The van der Waals surface area contributed by atoms with Gasteiger partial charge < -0.3 is 29.6 Å². The zero-order valence-corrected chi connectivity index (χ0v) is 37.8. The van der Waals surface area contributed by atoms with Crippen molar-refractivity contribution < 1.29 is 33.4 Å². The van der Waals surface area contributed by atoms with Crippen molar-refractivity contribution in [1.82, 2.24) is 25.4 Å². The van der Waals surface area contributed by atoms with E-state index in [1.165, 1.54) is 0 Å². The SMILES string of the molecule is CCN(c1cc(-c2ccc(OCCCCN3CCN(c4ccc5c(c4)C(=O)N(C4CCC(=O)NC4=O)C5=O)CC3)cc2)cc(C(=O)NCc2c(C)cc(C)[nH]c2=O)c1C)C1CCOCC1. The molecule has 15 nitrogen and oxygen atoms in total. The number of pyridine rings is 1. The van der Waals surface area contributed by atoms with E-state index in [1.54, 1.807) is 12.1 Å². The molecule has 1 aromatic heterocycles. The number of aryl methyl sites for hydroxylation is 2. The number of carbonyl (C=O) groups is 5. The van der Waals surface area contributed by atoms with Gasteiger partial charge in [0.05, 0.1) is 17.7 Å². The van der Waals surface area contributed by atoms with Gasteiger partial charge in [0.2, 0.25) is 11.8 Å². The number of anilines is 2. The van der Waals surface area contributed by atoms with E-state index < -0.39 is 29.7 Å². The topological polar surface area (TPSA) is 174 Å². The first kappa shape index (κ1) is 45.3. The van der Waals surface area contributed by atoms with Crippen molar-refractivity contribution in [2.24, 2.45) is 0 Å². The monoisotopic (exact) mass is 885 g/mol. The van der Waals surface area contributed by atoms with E-state index in [2.05, 4.69) is 43.3 Å². The van der Waals surface area contributed by atoms with Crippen LogP contribution in [0.4, 0.5) is 11.4 Å². The van der Waals surface area contributed by atoms with Crippen molar-refractivity contribution in [2.45, 2.75) is 84.8 Å². The number of piperidine rings is 1. The van der Waals surface area contributed by atoms with Gasteiger partial charge in [-0.2, -0.15) is 0 Å². The van der Waals surface area contributed by atoms with Crippen LogP contribution in [0.25, 0.3) is 11.1 Å². The predicted octanol–water partition coefficient (Wildman–Crippen LogP) is 5.28. The van der Waals surface area contributed by atoms with Crippen molar-refractivity contribution >= 4 is 40.9 Å². The molecule has 5 amide bonds. The summed E-state index contributed by atoms with van der Waals surface area (Å²) in [5, 5.41) is 5.27. The van der Waals surface area contributed by atoms with E-state index in [9.17, 15) is 28.8 Å². The van der Waals surface area contributed by atoms with Crippen LogP contribution in [0.1, 0.15) is 98.9 Å². The molecule has 8 rings (SSSR count). The summed E-state index contributed by atoms with van der Waals surface area (Å²) in [6.45, 7) is 15.0. The molecule has 0 saturated carbocycles. The molecular formula is C50H59N7O8. The molecule has 3 fully saturated rings. The second-order valence-corrected chi connectivity index (χ2v) is 17.5. The van der Waals surface area contributed by atoms with E-state index >= 15 is 0 Å². The predicted molar refractivity (Wildman–Crippen MR) is 248 cm³/mol. The molecule has 65 heavy (non-hydrogen) atoms. The van der Waals surface area contributed by atoms with E-state index in [4.69, 9.17) is 9.47 Å². The molecule has 5 heterocycles. The summed E-state index contributed by atoms with van der Waals surface area (Å²) < 4.78 is 11.9. The van der Waals surface area contributed by atoms with Crippen LogP contribution in [0, 0.1) is 20.8 Å². The highest BCUT2D eigenvalue weighted by Crippen LogP contribution is 2.35. The van der Waals surface area contributed by atoms with Gasteiger partial charge in [0.25, 0.3) is 23.3 Å². The number of unbranched alkanes of at least 4 members (excludes halogenated alkanes) is 1. The molecule has 342 valence electrons. The molecule has 4 aromatic rings. The molecule has 3 saturated heterocycles. The number of rotatable bonds is 15. The molecule has 0 spiro atoms. The fraction of sp³-hybridized carbons (Fsp3) is 0.440. The largest absolute Gasteiger partial charge is 0.494 e. The maximum Gasteiger partial charge on any atom is 0.262 e. The number of aromatic amines is 1. The number of piperazine rings is 1. The number of nitrogens with one attached hydrogen (secondary N) is 3. The van der Waals surface area contributed by atoms with Crippen LogP contribution in [0.5, 0.6) is 5.75 Å². The number of benzene rings is 3. The standard InChI is InChI=1S/C50H59N7O8/c1-5-56(36-16-24-64-25-17-36)44-28-35(27-40(33(44)4)46(59)51-30-42-31(2)26-32(3)52-47(42)60)34-8-11-38(12-9-34)65-23-7-6-18-54-19-21-55(22-20-54)37-10-13-39-41(29-37)50(63)57(49(39)62)43-14-15-45(58)53-48(43)61/h8-13,26-29,36,43H,5-7,14-25,30H2,1-4H3,(H,51,59)(H,52,60)(H,53,58,61). The van der Waals surface area contributed by atoms with Gasteiger partial charge in [-0.1, -0.05) is 12.1 Å². The quantitative estimate of drug-likeness (QED) is 0.105. The lowest BCUT2D eigenvalue weighted by atomic mass is 9.95. The second kappa shape index (κ2) is 19.8. The van der Waals surface area contributed by atoms with Gasteiger partial charge in [0.15, 0.2) is 0 Å². The Morgan fingerprint density at radius 3 is 2.29 bits per heavy atom. The summed E-state index contributed by atoms with van der Waals surface area (Å²) in [5.41, 5.74) is 7.79. The summed E-state index contributed by atoms with van der Waals surface area (Å²) in [6, 6.07) is 18.7. The molecule has 1 unspecified atom stereocenters. The smallest absolute Gasteiger partial charge is 0.262 e. The molecule has 4 aliphatic rings. The first-order chi connectivity index (χ1) is 31.4. The second-order valence-electron chi connectivity index (χ2n) is 17.5. The van der Waals surface area contributed by atoms with Crippen molar-refractivity contribution in [3.05, 3.63) is 110 Å². The average molecular weight is 886 g/mol. The van der Waals surface area contributed by atoms with Gasteiger partial charge in [0.1, 0.15) is 11.8 Å². The van der Waals surface area contributed by atoms with E-state index in [-0.39, 0.29) is 36.4 Å². The highest BCUT2D eigenvalue weighted by Gasteiger charge is 2.45. The maximum absolute atomic E-state index is 13.9. The minimum atomic E-state index is -0.983. The van der Waals surface area contributed by atoms with Gasteiger partial charge >= 0.3 is 0 Å². The summed E-state index contributed by atoms with van der Waals surface area (Å²) >= 11 is 0. The Labute approximate surface area is 379 Å². The summed E-state index contributed by atoms with van der Waals surface area (Å²) in [4.78, 5) is 88.1. The molecule has 4 aliphatic heterocycles. The Hall–Kier alpha value is -6.32. The van der Waals surface area contributed by atoms with Crippen LogP contribution < -0.4 is 30.7 Å². The maximum atomic E-state index is 13.9. The van der Waals surface area contributed by atoms with E-state index in [0.29, 0.717) is 42.6 Å². The lowest BCUT2D eigenvalue weighted by molar-refractivity contribution is -0.136. The number of amides is 5. The average Bonchev–Trinajstić information content (AvgIpc) is 3.55. The number of ether oxygens (including phenoxy) is 2. The highest BCUT2D eigenvalue weighted by molar-refractivity contribution is 6.23. The van der Waals surface area contributed by atoms with E-state index in [0.717, 1.165) is 115 Å². The summed E-state index contributed by atoms with van der Waals surface area (Å²) in [7, 11) is 0. The Bertz CT molecular complexity index is 2520. The summed E-state index contributed by atoms with van der Waals surface area (Å²) in [5.74, 6) is -1.46. The van der Waals surface area contributed by atoms with Crippen LogP contribution in [0.2, 0.25) is 0 Å². The van der Waals surface area contributed by atoms with Crippen LogP contribution in [-0.4, -0.2) is 115 Å². The van der Waals surface area contributed by atoms with Crippen molar-refractivity contribution in [1.29, 1.82) is 0 Å². The molecule has 1 atom stereocenters. The van der Waals surface area contributed by atoms with Crippen LogP contribution in [0.15, 0.2) is 65.5 Å². The number of aromatic nitrogens is 1. The van der Waals surface area contributed by atoms with Crippen molar-refractivity contribution in [3.8, 4) is 16.9 Å². The molecule has 0 bridgehead atoms. The first-order valence-corrected chi connectivity index (χ1v) is 22.9. The van der Waals surface area contributed by atoms with E-state index in [1.807, 2.05) is 63.2 Å². The Kier molecular flexibility index (Phi) is 13.8. The van der Waals surface area contributed by atoms with Crippen molar-refractivity contribution in [2.75, 3.05) is 68.9 Å². The minimum absolute atomic E-state index is 0.0843. The first-order valence-electron chi connectivity index (χ1n) is 22.9. The van der Waals surface area contributed by atoms with Crippen LogP contribution in [0.3, 0.4) is 0 Å². The molecular weight excluding hydrogens is 827 g/mol. The van der Waals surface area contributed by atoms with Crippen LogP contribution >= 0.6 is 0 Å². The normalized spacial score (nSPS) is 18.2. The lowest BCUT2D eigenvalue weighted by Crippen LogP contribution is -2.54. The number of hydrogen-bond donors (Lipinski definition) is 3. The number of fused-ring (bicyclic) bond motifs is 1. The number of hydrogen-bond acceptors (Lipinski definition) is 11. The molecule has 3 N–H and O–H groups in total. The molecule has 15 heteroatoms. The third-order valence-corrected chi connectivity index (χ3v) is 13.3. The lowest BCUT2D eigenvalue weighted by Gasteiger charge is -2.37. The Morgan fingerprint density at radius 2 is 1.58 bits per heavy atom. The van der Waals surface area contributed by atoms with Crippen LogP contribution in [-0.2, 0) is 20.9 Å². The van der Waals surface area contributed by atoms with Gasteiger partial charge in [-0.3, -0.25) is 43.9 Å². The number of nitrogens with zero attached hydrogens (tertiary/aromatic N) is 4. The van der Waals surface area contributed by atoms with Gasteiger partial charge in [-0.25, -0.2) is 0 Å². The van der Waals surface area contributed by atoms with Gasteiger partial charge in [0, 0.05) is 93.1 Å².